The van der Waals surface area contributed by atoms with Crippen LogP contribution in [0.15, 0.2) is 64.9 Å². The fourth-order valence-corrected chi connectivity index (χ4v) is 4.02. The van der Waals surface area contributed by atoms with E-state index in [0.29, 0.717) is 24.1 Å². The van der Waals surface area contributed by atoms with Crippen molar-refractivity contribution in [1.29, 1.82) is 0 Å². The van der Waals surface area contributed by atoms with E-state index in [1.54, 1.807) is 17.0 Å². The molecule has 0 fully saturated rings. The van der Waals surface area contributed by atoms with Gasteiger partial charge in [-0.15, -0.1) is 0 Å². The SMILES string of the molecule is CC1Nc2ccccc2C(=O)N1c1ccc(N=CC2=C(O)CC(C)(C)CC2=O)cc1. The molecule has 4 rings (SSSR count). The number of hydrogen-bond donors (Lipinski definition) is 2. The summed E-state index contributed by atoms with van der Waals surface area (Å²) in [5.41, 5.74) is 2.91. The number of allylic oxidation sites excluding steroid dienone is 2. The Morgan fingerprint density at radius 3 is 2.50 bits per heavy atom. The second kappa shape index (κ2) is 7.44. The second-order valence-corrected chi connectivity index (χ2v) is 8.62. The van der Waals surface area contributed by atoms with Gasteiger partial charge in [-0.3, -0.25) is 19.5 Å². The number of para-hydroxylation sites is 1. The highest BCUT2D eigenvalue weighted by Gasteiger charge is 2.32. The number of aliphatic hydroxyl groups excluding tert-OH is 1. The topological polar surface area (TPSA) is 82.0 Å². The zero-order valence-corrected chi connectivity index (χ0v) is 17.3. The summed E-state index contributed by atoms with van der Waals surface area (Å²) in [4.78, 5) is 31.3. The van der Waals surface area contributed by atoms with E-state index in [4.69, 9.17) is 0 Å². The summed E-state index contributed by atoms with van der Waals surface area (Å²) in [7, 11) is 0. The second-order valence-electron chi connectivity index (χ2n) is 8.62. The molecule has 0 bridgehead atoms. The monoisotopic (exact) mass is 403 g/mol. The van der Waals surface area contributed by atoms with Crippen molar-refractivity contribution < 1.29 is 14.7 Å². The zero-order chi connectivity index (χ0) is 21.5. The van der Waals surface area contributed by atoms with Crippen molar-refractivity contribution in [3.05, 3.63) is 65.4 Å². The minimum Gasteiger partial charge on any atom is -0.511 e. The van der Waals surface area contributed by atoms with Crippen molar-refractivity contribution >= 4 is 35.0 Å². The van der Waals surface area contributed by atoms with E-state index in [1.807, 2.05) is 57.2 Å². The average Bonchev–Trinajstić information content (AvgIpc) is 2.67. The Hall–Kier alpha value is -3.41. The van der Waals surface area contributed by atoms with Crippen molar-refractivity contribution in [3.8, 4) is 0 Å². The summed E-state index contributed by atoms with van der Waals surface area (Å²) >= 11 is 0. The molecule has 1 atom stereocenters. The lowest BCUT2D eigenvalue weighted by atomic mass is 9.77. The van der Waals surface area contributed by atoms with Gasteiger partial charge in [0.15, 0.2) is 5.78 Å². The molecular weight excluding hydrogens is 378 g/mol. The van der Waals surface area contributed by atoms with Crippen molar-refractivity contribution in [2.75, 3.05) is 10.2 Å². The smallest absolute Gasteiger partial charge is 0.262 e. The van der Waals surface area contributed by atoms with Crippen LogP contribution in [0.4, 0.5) is 17.1 Å². The van der Waals surface area contributed by atoms with Crippen LogP contribution in [0.1, 0.15) is 44.0 Å². The first kappa shape index (κ1) is 19.9. The molecule has 6 nitrogen and oxygen atoms in total. The minimum absolute atomic E-state index is 0.0569. The number of carbonyl (C=O) groups is 2. The van der Waals surface area contributed by atoms with E-state index >= 15 is 0 Å². The third-order valence-electron chi connectivity index (χ3n) is 5.49. The number of amides is 1. The number of nitrogens with one attached hydrogen (secondary N) is 1. The van der Waals surface area contributed by atoms with E-state index in [1.165, 1.54) is 6.21 Å². The van der Waals surface area contributed by atoms with Crippen LogP contribution in [0.5, 0.6) is 0 Å². The van der Waals surface area contributed by atoms with Crippen LogP contribution < -0.4 is 10.2 Å². The highest BCUT2D eigenvalue weighted by atomic mass is 16.3. The summed E-state index contributed by atoms with van der Waals surface area (Å²) in [5, 5.41) is 13.6. The number of fused-ring (bicyclic) bond motifs is 1. The maximum atomic E-state index is 13.0. The van der Waals surface area contributed by atoms with Gasteiger partial charge in [0.2, 0.25) is 0 Å². The van der Waals surface area contributed by atoms with Crippen molar-refractivity contribution in [2.45, 2.75) is 39.8 Å². The Labute approximate surface area is 175 Å². The molecule has 2 aromatic rings. The number of aliphatic imine (C=N–C) groups is 1. The lowest BCUT2D eigenvalue weighted by molar-refractivity contribution is -0.117. The highest BCUT2D eigenvalue weighted by Crippen LogP contribution is 2.35. The third kappa shape index (κ3) is 3.73. The molecule has 1 amide bonds. The number of hydrogen-bond acceptors (Lipinski definition) is 5. The Morgan fingerprint density at radius 2 is 1.80 bits per heavy atom. The van der Waals surface area contributed by atoms with Gasteiger partial charge in [0, 0.05) is 30.4 Å². The Morgan fingerprint density at radius 1 is 1.10 bits per heavy atom. The molecule has 0 aromatic heterocycles. The third-order valence-corrected chi connectivity index (χ3v) is 5.49. The van der Waals surface area contributed by atoms with Crippen LogP contribution in [-0.2, 0) is 4.79 Å². The van der Waals surface area contributed by atoms with Gasteiger partial charge in [-0.2, -0.15) is 0 Å². The molecule has 1 heterocycles. The molecule has 1 aliphatic carbocycles. The van der Waals surface area contributed by atoms with E-state index in [-0.39, 0.29) is 34.6 Å². The summed E-state index contributed by atoms with van der Waals surface area (Å²) in [5.74, 6) is -0.0608. The van der Waals surface area contributed by atoms with Gasteiger partial charge in [0.25, 0.3) is 5.91 Å². The number of benzene rings is 2. The summed E-state index contributed by atoms with van der Waals surface area (Å²) in [6.07, 6.45) is 2.10. The standard InChI is InChI=1S/C24H25N3O3/c1-15-26-20-7-5-4-6-18(20)23(30)27(15)17-10-8-16(9-11-17)25-14-19-21(28)12-24(2,3)13-22(19)29/h4-11,14-15,26,28H,12-13H2,1-3H3. The van der Waals surface area contributed by atoms with Crippen molar-refractivity contribution in [3.63, 3.8) is 0 Å². The quantitative estimate of drug-likeness (QED) is 0.706. The lowest BCUT2D eigenvalue weighted by Crippen LogP contribution is -2.47. The first-order chi connectivity index (χ1) is 14.2. The first-order valence-electron chi connectivity index (χ1n) is 10.0. The van der Waals surface area contributed by atoms with Gasteiger partial charge < -0.3 is 10.4 Å². The molecule has 0 radical (unpaired) electrons. The molecule has 6 heteroatoms. The number of Topliss-reactive ketones (excluding diaryl/α,β-unsaturated/α-hetero) is 1. The number of anilines is 2. The maximum absolute atomic E-state index is 13.0. The molecule has 154 valence electrons. The van der Waals surface area contributed by atoms with Crippen LogP contribution in [0.2, 0.25) is 0 Å². The van der Waals surface area contributed by atoms with E-state index in [9.17, 15) is 14.7 Å². The molecular formula is C24H25N3O3. The highest BCUT2D eigenvalue weighted by molar-refractivity contribution is 6.15. The average molecular weight is 403 g/mol. The van der Waals surface area contributed by atoms with Crippen molar-refractivity contribution in [2.24, 2.45) is 10.4 Å². The maximum Gasteiger partial charge on any atom is 0.262 e. The number of aliphatic hydroxyl groups is 1. The minimum atomic E-state index is -0.232. The molecule has 2 N–H and O–H groups in total. The van der Waals surface area contributed by atoms with Crippen LogP contribution in [0, 0.1) is 5.41 Å². The fraction of sp³-hybridized carbons (Fsp3) is 0.292. The molecule has 2 aromatic carbocycles. The van der Waals surface area contributed by atoms with Crippen LogP contribution in [0.25, 0.3) is 0 Å². The summed E-state index contributed by atoms with van der Waals surface area (Å²) < 4.78 is 0. The molecule has 2 aliphatic rings. The van der Waals surface area contributed by atoms with Crippen LogP contribution >= 0.6 is 0 Å². The van der Waals surface area contributed by atoms with Gasteiger partial charge in [-0.1, -0.05) is 26.0 Å². The van der Waals surface area contributed by atoms with Gasteiger partial charge in [-0.25, -0.2) is 0 Å². The van der Waals surface area contributed by atoms with Gasteiger partial charge in [-0.05, 0) is 48.7 Å². The van der Waals surface area contributed by atoms with Gasteiger partial charge >= 0.3 is 0 Å². The van der Waals surface area contributed by atoms with E-state index in [0.717, 1.165) is 11.4 Å². The fourth-order valence-electron chi connectivity index (χ4n) is 4.02. The van der Waals surface area contributed by atoms with Crippen molar-refractivity contribution in [1.82, 2.24) is 0 Å². The lowest BCUT2D eigenvalue weighted by Gasteiger charge is -2.35. The predicted molar refractivity (Wildman–Crippen MR) is 119 cm³/mol. The largest absolute Gasteiger partial charge is 0.511 e. The molecule has 1 unspecified atom stereocenters. The Kier molecular flexibility index (Phi) is 4.94. The summed E-state index contributed by atoms with van der Waals surface area (Å²) in [6, 6.07) is 14.7. The number of carbonyl (C=O) groups excluding carboxylic acids is 2. The van der Waals surface area contributed by atoms with Gasteiger partial charge in [0.05, 0.1) is 16.8 Å². The van der Waals surface area contributed by atoms with E-state index in [2.05, 4.69) is 10.3 Å². The normalized spacial score (nSPS) is 21.0. The molecule has 0 spiro atoms. The number of rotatable bonds is 3. The predicted octanol–water partition coefficient (Wildman–Crippen LogP) is 5.01. The number of nitrogens with zero attached hydrogens (tertiary/aromatic N) is 2. The molecule has 0 saturated heterocycles. The van der Waals surface area contributed by atoms with Crippen LogP contribution in [-0.4, -0.2) is 29.2 Å². The molecule has 1 aliphatic heterocycles. The molecule has 30 heavy (non-hydrogen) atoms. The Balaban J connectivity index is 1.55. The zero-order valence-electron chi connectivity index (χ0n) is 17.3. The summed E-state index contributed by atoms with van der Waals surface area (Å²) in [6.45, 7) is 5.86. The van der Waals surface area contributed by atoms with E-state index < -0.39 is 0 Å². The Bertz CT molecular complexity index is 1070. The molecule has 0 saturated carbocycles. The van der Waals surface area contributed by atoms with Gasteiger partial charge in [0.1, 0.15) is 11.9 Å². The number of ketones is 1. The first-order valence-corrected chi connectivity index (χ1v) is 10.0. The van der Waals surface area contributed by atoms with Crippen LogP contribution in [0.3, 0.4) is 0 Å².